The normalized spacial score (nSPS) is 17.6. The Morgan fingerprint density at radius 3 is 1.00 bits per heavy atom. The first kappa shape index (κ1) is 33.9. The smallest absolute Gasteiger partial charge is 0.119 e. The zero-order chi connectivity index (χ0) is 32.1. The second-order valence-corrected chi connectivity index (χ2v) is 11.5. The van der Waals surface area contributed by atoms with Gasteiger partial charge in [-0.15, -0.1) is 23.2 Å². The van der Waals surface area contributed by atoms with E-state index in [4.69, 9.17) is 51.6 Å². The summed E-state index contributed by atoms with van der Waals surface area (Å²) in [5.41, 5.74) is 4.39. The lowest BCUT2D eigenvalue weighted by Crippen LogP contribution is -2.18. The van der Waals surface area contributed by atoms with E-state index in [1.807, 2.05) is 72.8 Å². The van der Waals surface area contributed by atoms with Crippen LogP contribution >= 0.6 is 23.2 Å². The Kier molecular flexibility index (Phi) is 12.8. The zero-order valence-corrected chi connectivity index (χ0v) is 26.8. The maximum absolute atomic E-state index is 9.38. The molecular weight excluding hydrogens is 631 g/mol. The molecule has 0 saturated carbocycles. The average molecular weight is 670 g/mol. The lowest BCUT2D eigenvalue weighted by molar-refractivity contribution is 0.125. The molecule has 4 atom stereocenters. The molecule has 4 aromatic carbocycles. The highest BCUT2D eigenvalue weighted by Gasteiger charge is 2.23. The minimum Gasteiger partial charge on any atom is -0.491 e. The Balaban J connectivity index is 0.000000182. The first-order valence-corrected chi connectivity index (χ1v) is 16.2. The van der Waals surface area contributed by atoms with E-state index in [9.17, 15) is 10.2 Å². The molecule has 6 rings (SSSR count). The van der Waals surface area contributed by atoms with Crippen molar-refractivity contribution in [3.05, 3.63) is 97.1 Å². The maximum Gasteiger partial charge on any atom is 0.119 e. The highest BCUT2D eigenvalue weighted by molar-refractivity contribution is 6.18. The predicted octanol–water partition coefficient (Wildman–Crippen LogP) is 6.22. The van der Waals surface area contributed by atoms with E-state index in [2.05, 4.69) is 24.3 Å². The number of benzene rings is 4. The van der Waals surface area contributed by atoms with Crippen LogP contribution in [0.1, 0.15) is 0 Å². The number of halogens is 2. The molecule has 0 radical (unpaired) electrons. The molecular formula is C36H38Cl2O8. The lowest BCUT2D eigenvalue weighted by atomic mass is 10.1. The van der Waals surface area contributed by atoms with Gasteiger partial charge in [-0.1, -0.05) is 48.5 Å². The van der Waals surface area contributed by atoms with Crippen molar-refractivity contribution in [2.24, 2.45) is 0 Å². The number of alkyl halides is 2. The van der Waals surface area contributed by atoms with Crippen LogP contribution < -0.4 is 18.9 Å². The summed E-state index contributed by atoms with van der Waals surface area (Å²) in [7, 11) is 0. The molecule has 2 aliphatic rings. The van der Waals surface area contributed by atoms with Crippen LogP contribution in [0.3, 0.4) is 0 Å². The summed E-state index contributed by atoms with van der Waals surface area (Å²) >= 11 is 11.0. The van der Waals surface area contributed by atoms with Gasteiger partial charge in [-0.05, 0) is 70.8 Å². The highest BCUT2D eigenvalue weighted by atomic mass is 35.5. The number of epoxide rings is 2. The van der Waals surface area contributed by atoms with Gasteiger partial charge < -0.3 is 38.6 Å². The van der Waals surface area contributed by atoms with Gasteiger partial charge in [0.15, 0.2) is 0 Å². The quantitative estimate of drug-likeness (QED) is 0.107. The van der Waals surface area contributed by atoms with Crippen molar-refractivity contribution in [1.82, 2.24) is 0 Å². The Hall–Kier alpha value is -3.50. The molecule has 8 nitrogen and oxygen atoms in total. The fourth-order valence-corrected chi connectivity index (χ4v) is 4.33. The van der Waals surface area contributed by atoms with E-state index >= 15 is 0 Å². The van der Waals surface area contributed by atoms with Crippen molar-refractivity contribution in [3.63, 3.8) is 0 Å². The molecule has 0 aliphatic carbocycles. The van der Waals surface area contributed by atoms with Crippen LogP contribution in [-0.2, 0) is 9.47 Å². The van der Waals surface area contributed by atoms with E-state index in [0.717, 1.165) is 47.0 Å². The Morgan fingerprint density at radius 1 is 0.500 bits per heavy atom. The molecule has 4 unspecified atom stereocenters. The summed E-state index contributed by atoms with van der Waals surface area (Å²) in [6.07, 6.45) is -0.770. The molecule has 2 aliphatic heterocycles. The monoisotopic (exact) mass is 668 g/mol. The van der Waals surface area contributed by atoms with Gasteiger partial charge in [0.1, 0.15) is 73.8 Å². The van der Waals surface area contributed by atoms with E-state index in [-0.39, 0.29) is 37.2 Å². The largest absolute Gasteiger partial charge is 0.491 e. The second kappa shape index (κ2) is 17.4. The summed E-state index contributed by atoms with van der Waals surface area (Å²) in [4.78, 5) is 0. The molecule has 10 heteroatoms. The Labute approximate surface area is 279 Å². The number of aliphatic hydroxyl groups excluding tert-OH is 2. The predicted molar refractivity (Wildman–Crippen MR) is 179 cm³/mol. The highest BCUT2D eigenvalue weighted by Crippen LogP contribution is 2.27. The van der Waals surface area contributed by atoms with E-state index in [1.54, 1.807) is 0 Å². The minimum absolute atomic E-state index is 0.147. The first-order chi connectivity index (χ1) is 22.5. The third-order valence-electron chi connectivity index (χ3n) is 7.00. The fourth-order valence-electron chi connectivity index (χ4n) is 4.16. The van der Waals surface area contributed by atoms with Crippen molar-refractivity contribution in [1.29, 1.82) is 0 Å². The summed E-state index contributed by atoms with van der Waals surface area (Å²) in [6.45, 7) is 3.25. The number of rotatable bonds is 16. The standard InChI is InChI=1S/C18H20Cl2O4.C18H18O4/c19-9-15(21)11-23-17-5-1-13(2-6-17)14-3-7-18(8-4-14)24-12-16(22)10-20;1-5-15(19-9-17-11-21-17)6-2-13(1)14-3-7-16(8-4-14)20-10-18-12-22-18/h1-8,15-16,21-22H,9-12H2;1-8,17-18H,9-12H2. The van der Waals surface area contributed by atoms with Crippen molar-refractivity contribution < 1.29 is 38.6 Å². The second-order valence-electron chi connectivity index (χ2n) is 10.9. The van der Waals surface area contributed by atoms with E-state index < -0.39 is 12.2 Å². The van der Waals surface area contributed by atoms with Gasteiger partial charge in [-0.2, -0.15) is 0 Å². The molecule has 0 spiro atoms. The lowest BCUT2D eigenvalue weighted by Gasteiger charge is -2.11. The zero-order valence-electron chi connectivity index (χ0n) is 25.3. The van der Waals surface area contributed by atoms with Crippen LogP contribution in [0.5, 0.6) is 23.0 Å². The average Bonchev–Trinajstić information content (AvgIpc) is 4.05. The molecule has 2 heterocycles. The topological polar surface area (TPSA) is 102 Å². The summed E-state index contributed by atoms with van der Waals surface area (Å²) in [5.74, 6) is 3.41. The van der Waals surface area contributed by atoms with Crippen molar-refractivity contribution in [2.75, 3.05) is 51.4 Å². The fraction of sp³-hybridized carbons (Fsp3) is 0.333. The number of hydrogen-bond acceptors (Lipinski definition) is 8. The van der Waals surface area contributed by atoms with Gasteiger partial charge in [-0.3, -0.25) is 0 Å². The molecule has 2 N–H and O–H groups in total. The van der Waals surface area contributed by atoms with Gasteiger partial charge in [-0.25, -0.2) is 0 Å². The van der Waals surface area contributed by atoms with Crippen molar-refractivity contribution in [2.45, 2.75) is 24.4 Å². The number of hydrogen-bond donors (Lipinski definition) is 2. The van der Waals surface area contributed by atoms with Crippen LogP contribution in [0, 0.1) is 0 Å². The van der Waals surface area contributed by atoms with Crippen molar-refractivity contribution >= 4 is 23.2 Å². The van der Waals surface area contributed by atoms with E-state index in [0.29, 0.717) is 24.7 Å². The number of ether oxygens (including phenoxy) is 6. The SMILES string of the molecule is OC(CCl)COc1ccc(-c2ccc(OCC(O)CCl)cc2)cc1.c1cc(-c2ccc(OCC3CO3)cc2)ccc1OCC1CO1. The molecule has 0 amide bonds. The van der Waals surface area contributed by atoms with Gasteiger partial charge >= 0.3 is 0 Å². The summed E-state index contributed by atoms with van der Waals surface area (Å²) < 4.78 is 32.4. The van der Waals surface area contributed by atoms with Crippen LogP contribution in [0.4, 0.5) is 0 Å². The molecule has 46 heavy (non-hydrogen) atoms. The molecule has 0 bridgehead atoms. The maximum atomic E-state index is 9.38. The van der Waals surface area contributed by atoms with E-state index in [1.165, 1.54) is 0 Å². The van der Waals surface area contributed by atoms with Crippen LogP contribution in [0.2, 0.25) is 0 Å². The third-order valence-corrected chi connectivity index (χ3v) is 7.71. The van der Waals surface area contributed by atoms with Gasteiger partial charge in [0.2, 0.25) is 0 Å². The summed E-state index contributed by atoms with van der Waals surface area (Å²) in [5, 5.41) is 18.8. The number of aliphatic hydroxyl groups is 2. The molecule has 4 aromatic rings. The molecule has 0 aromatic heterocycles. The van der Waals surface area contributed by atoms with Crippen LogP contribution in [-0.4, -0.2) is 86.0 Å². The molecule has 2 fully saturated rings. The first-order valence-electron chi connectivity index (χ1n) is 15.1. The summed E-state index contributed by atoms with van der Waals surface area (Å²) in [6, 6.07) is 31.4. The Bertz CT molecular complexity index is 1330. The third kappa shape index (κ3) is 11.4. The van der Waals surface area contributed by atoms with Gasteiger partial charge in [0.25, 0.3) is 0 Å². The minimum atomic E-state index is -0.670. The molecule has 2 saturated heterocycles. The van der Waals surface area contributed by atoms with Crippen LogP contribution in [0.15, 0.2) is 97.1 Å². The Morgan fingerprint density at radius 2 is 0.761 bits per heavy atom. The van der Waals surface area contributed by atoms with Gasteiger partial charge in [0, 0.05) is 0 Å². The van der Waals surface area contributed by atoms with Crippen LogP contribution in [0.25, 0.3) is 22.3 Å². The van der Waals surface area contributed by atoms with Crippen molar-refractivity contribution in [3.8, 4) is 45.3 Å². The van der Waals surface area contributed by atoms with Gasteiger partial charge in [0.05, 0.1) is 25.0 Å². The molecule has 244 valence electrons.